The number of hydrogen-bond acceptors (Lipinski definition) is 4. The number of allylic oxidation sites excluding steroid dienone is 1. The smallest absolute Gasteiger partial charge is 0.253 e. The number of aromatic nitrogens is 1. The number of fused-ring (bicyclic) bond motifs is 1. The number of hydrogen-bond donors (Lipinski definition) is 1. The van der Waals surface area contributed by atoms with Gasteiger partial charge in [-0.25, -0.2) is 0 Å². The molecule has 0 unspecified atom stereocenters. The molecule has 1 aliphatic heterocycles. The average Bonchev–Trinajstić information content (AvgIpc) is 2.96. The minimum atomic E-state index is 0.0925. The van der Waals surface area contributed by atoms with Crippen molar-refractivity contribution in [2.24, 2.45) is 0 Å². The lowest BCUT2D eigenvalue weighted by Gasteiger charge is -2.26. The van der Waals surface area contributed by atoms with E-state index in [1.165, 1.54) is 23.1 Å². The van der Waals surface area contributed by atoms with Crippen molar-refractivity contribution >= 4 is 40.5 Å². The van der Waals surface area contributed by atoms with Crippen LogP contribution >= 0.6 is 11.9 Å². The minimum Gasteiger partial charge on any atom is -0.338 e. The number of carbonyl (C=O) groups is 1. The number of nitrogens with zero attached hydrogens (tertiary/aromatic N) is 2. The maximum Gasteiger partial charge on any atom is 0.253 e. The minimum absolute atomic E-state index is 0.0925. The van der Waals surface area contributed by atoms with Crippen molar-refractivity contribution in [2.75, 3.05) is 17.8 Å². The fourth-order valence-corrected chi connectivity index (χ4v) is 5.69. The zero-order chi connectivity index (χ0) is 26.2. The molecule has 0 spiro atoms. The van der Waals surface area contributed by atoms with Crippen molar-refractivity contribution < 1.29 is 4.79 Å². The second-order valence-corrected chi connectivity index (χ2v) is 10.4. The lowest BCUT2D eigenvalue weighted by molar-refractivity contribution is 0.0753. The molecule has 0 saturated carbocycles. The van der Waals surface area contributed by atoms with Gasteiger partial charge >= 0.3 is 0 Å². The quantitative estimate of drug-likeness (QED) is 0.188. The van der Waals surface area contributed by atoms with Gasteiger partial charge in [-0.1, -0.05) is 72.8 Å². The van der Waals surface area contributed by atoms with Crippen LogP contribution in [0.15, 0.2) is 108 Å². The highest BCUT2D eigenvalue weighted by atomic mass is 32.2. The Morgan fingerprint density at radius 1 is 1.00 bits per heavy atom. The Labute approximate surface area is 229 Å². The molecular formula is C33H33N3OS. The van der Waals surface area contributed by atoms with E-state index in [-0.39, 0.29) is 5.91 Å². The van der Waals surface area contributed by atoms with E-state index in [4.69, 9.17) is 0 Å². The maximum absolute atomic E-state index is 13.5. The molecule has 0 radical (unpaired) electrons. The number of anilines is 1. The zero-order valence-corrected chi connectivity index (χ0v) is 22.4. The first-order chi connectivity index (χ1) is 18.7. The van der Waals surface area contributed by atoms with Gasteiger partial charge in [0.15, 0.2) is 0 Å². The van der Waals surface area contributed by atoms with Crippen molar-refractivity contribution in [1.82, 2.24) is 9.88 Å². The molecule has 1 aliphatic rings. The number of nitrogens with one attached hydrogen (secondary N) is 1. The molecule has 0 fully saturated rings. The Morgan fingerprint density at radius 2 is 1.87 bits per heavy atom. The third-order valence-corrected chi connectivity index (χ3v) is 7.89. The molecule has 1 aromatic heterocycles. The van der Waals surface area contributed by atoms with Gasteiger partial charge in [-0.3, -0.25) is 9.78 Å². The number of amides is 1. The van der Waals surface area contributed by atoms with Gasteiger partial charge in [-0.15, -0.1) is 0 Å². The molecule has 1 N–H and O–H groups in total. The van der Waals surface area contributed by atoms with Gasteiger partial charge in [0.05, 0.1) is 16.1 Å². The lowest BCUT2D eigenvalue weighted by Crippen LogP contribution is -2.33. The molecule has 5 rings (SSSR count). The fourth-order valence-electron chi connectivity index (χ4n) is 4.87. The largest absolute Gasteiger partial charge is 0.338 e. The summed E-state index contributed by atoms with van der Waals surface area (Å²) < 4.78 is 3.44. The predicted molar refractivity (Wildman–Crippen MR) is 160 cm³/mol. The molecule has 5 heteroatoms. The van der Waals surface area contributed by atoms with E-state index in [0.717, 1.165) is 72.2 Å². The highest BCUT2D eigenvalue weighted by Gasteiger charge is 2.18. The van der Waals surface area contributed by atoms with E-state index in [1.54, 1.807) is 6.08 Å². The predicted octanol–water partition coefficient (Wildman–Crippen LogP) is 8.18. The van der Waals surface area contributed by atoms with E-state index in [9.17, 15) is 4.79 Å². The fraction of sp³-hybridized carbons (Fsp3) is 0.212. The van der Waals surface area contributed by atoms with Crippen molar-refractivity contribution in [1.29, 1.82) is 0 Å². The van der Waals surface area contributed by atoms with Crippen LogP contribution in [0.1, 0.15) is 47.2 Å². The third-order valence-electron chi connectivity index (χ3n) is 7.02. The number of pyridine rings is 1. The SMILES string of the molecule is C=Cc1cc(C(=O)N2CCC/C=C(/CCc3ccccc3)CC2)ccc1NSc1cccc2cccnc12. The first kappa shape index (κ1) is 25.8. The van der Waals surface area contributed by atoms with Crippen LogP contribution in [0.4, 0.5) is 5.69 Å². The van der Waals surface area contributed by atoms with Gasteiger partial charge in [-0.2, -0.15) is 0 Å². The van der Waals surface area contributed by atoms with Gasteiger partial charge in [-0.05, 0) is 85.5 Å². The molecular weight excluding hydrogens is 486 g/mol. The van der Waals surface area contributed by atoms with Crippen molar-refractivity contribution in [2.45, 2.75) is 37.0 Å². The van der Waals surface area contributed by atoms with Gasteiger partial charge < -0.3 is 9.62 Å². The van der Waals surface area contributed by atoms with Crippen LogP contribution in [0.3, 0.4) is 0 Å². The van der Waals surface area contributed by atoms with Crippen LogP contribution in [0.25, 0.3) is 17.0 Å². The van der Waals surface area contributed by atoms with E-state index in [1.807, 2.05) is 41.4 Å². The summed E-state index contributed by atoms with van der Waals surface area (Å²) in [6.45, 7) is 5.54. The summed E-state index contributed by atoms with van der Waals surface area (Å²) in [5.41, 5.74) is 6.33. The molecule has 4 nitrogen and oxygen atoms in total. The summed E-state index contributed by atoms with van der Waals surface area (Å²) in [6.07, 6.45) is 11.1. The number of rotatable bonds is 8. The molecule has 0 aliphatic carbocycles. The summed E-state index contributed by atoms with van der Waals surface area (Å²) in [5.74, 6) is 0.0925. The monoisotopic (exact) mass is 519 g/mol. The molecule has 4 aromatic rings. The number of para-hydroxylation sites is 1. The first-order valence-corrected chi connectivity index (χ1v) is 14.1. The van der Waals surface area contributed by atoms with E-state index in [0.29, 0.717) is 5.56 Å². The normalized spacial score (nSPS) is 15.3. The average molecular weight is 520 g/mol. The van der Waals surface area contributed by atoms with Crippen molar-refractivity contribution in [3.63, 3.8) is 0 Å². The third kappa shape index (κ3) is 6.35. The van der Waals surface area contributed by atoms with Crippen LogP contribution in [0, 0.1) is 0 Å². The van der Waals surface area contributed by atoms with Crippen LogP contribution in [-0.4, -0.2) is 28.9 Å². The summed E-state index contributed by atoms with van der Waals surface area (Å²) in [6, 6.07) is 26.6. The second-order valence-electron chi connectivity index (χ2n) is 9.57. The van der Waals surface area contributed by atoms with Gasteiger partial charge in [0, 0.05) is 30.2 Å². The van der Waals surface area contributed by atoms with Crippen LogP contribution in [-0.2, 0) is 6.42 Å². The van der Waals surface area contributed by atoms with Crippen molar-refractivity contribution in [3.05, 3.63) is 120 Å². The van der Waals surface area contributed by atoms with Crippen LogP contribution in [0.2, 0.25) is 0 Å². The van der Waals surface area contributed by atoms with E-state index >= 15 is 0 Å². The van der Waals surface area contributed by atoms with Crippen LogP contribution in [0.5, 0.6) is 0 Å². The standard InChI is InChI=1S/C33H33N3OS/c1-2-27-24-29(18-19-30(27)35-38-31-15-8-13-28-14-9-21-34-32(28)31)33(37)36-22-7-6-12-26(20-23-36)17-16-25-10-4-3-5-11-25/h2-5,8-15,18-19,21,24,35H,1,6-7,16-17,20,22-23H2/b26-12-. The van der Waals surface area contributed by atoms with Crippen LogP contribution < -0.4 is 4.72 Å². The van der Waals surface area contributed by atoms with Gasteiger partial charge in [0.2, 0.25) is 0 Å². The number of carbonyl (C=O) groups excluding carboxylic acids is 1. The molecule has 1 amide bonds. The zero-order valence-electron chi connectivity index (χ0n) is 21.6. The molecule has 0 saturated heterocycles. The summed E-state index contributed by atoms with van der Waals surface area (Å²) >= 11 is 1.52. The lowest BCUT2D eigenvalue weighted by atomic mass is 9.99. The molecule has 38 heavy (non-hydrogen) atoms. The van der Waals surface area contributed by atoms with Gasteiger partial charge in [0.25, 0.3) is 5.91 Å². The second kappa shape index (κ2) is 12.6. The number of aryl methyl sites for hydroxylation is 1. The van der Waals surface area contributed by atoms with E-state index < -0.39 is 0 Å². The Hall–Kier alpha value is -3.83. The highest BCUT2D eigenvalue weighted by molar-refractivity contribution is 8.00. The molecule has 0 bridgehead atoms. The number of benzene rings is 3. The van der Waals surface area contributed by atoms with Crippen molar-refractivity contribution in [3.8, 4) is 0 Å². The summed E-state index contributed by atoms with van der Waals surface area (Å²) in [4.78, 5) is 21.1. The molecule has 3 aromatic carbocycles. The Kier molecular flexibility index (Phi) is 8.56. The molecule has 192 valence electrons. The molecule has 0 atom stereocenters. The Balaban J connectivity index is 1.23. The Morgan fingerprint density at radius 3 is 2.74 bits per heavy atom. The Bertz CT molecular complexity index is 1440. The highest BCUT2D eigenvalue weighted by Crippen LogP contribution is 2.30. The van der Waals surface area contributed by atoms with Gasteiger partial charge in [0.1, 0.15) is 0 Å². The van der Waals surface area contributed by atoms with E-state index in [2.05, 4.69) is 70.9 Å². The maximum atomic E-state index is 13.5. The first-order valence-electron chi connectivity index (χ1n) is 13.3. The summed E-state index contributed by atoms with van der Waals surface area (Å²) in [7, 11) is 0. The topological polar surface area (TPSA) is 45.2 Å². The molecule has 2 heterocycles. The summed E-state index contributed by atoms with van der Waals surface area (Å²) in [5, 5.41) is 1.11.